The Morgan fingerprint density at radius 2 is 1.55 bits per heavy atom. The summed E-state index contributed by atoms with van der Waals surface area (Å²) >= 11 is 0. The fourth-order valence-electron chi connectivity index (χ4n) is 4.34. The van der Waals surface area contributed by atoms with E-state index in [2.05, 4.69) is 50.0 Å². The van der Waals surface area contributed by atoms with Gasteiger partial charge in [0, 0.05) is 29.6 Å². The second-order valence-electron chi connectivity index (χ2n) is 9.49. The van der Waals surface area contributed by atoms with Gasteiger partial charge >= 0.3 is 6.09 Å². The molecule has 0 radical (unpaired) electrons. The monoisotopic (exact) mass is 421 g/mol. The Labute approximate surface area is 184 Å². The number of ether oxygens (including phenoxy) is 1. The van der Waals surface area contributed by atoms with Crippen LogP contribution < -0.4 is 5.32 Å². The Bertz CT molecular complexity index is 941. The minimum absolute atomic E-state index is 0.0356. The van der Waals surface area contributed by atoms with Crippen LogP contribution in [-0.4, -0.2) is 41.3 Å². The average molecular weight is 422 g/mol. The molecule has 1 amide bonds. The van der Waals surface area contributed by atoms with Crippen LogP contribution in [0.25, 0.3) is 0 Å². The molecule has 31 heavy (non-hydrogen) atoms. The maximum Gasteiger partial charge on any atom is 0.411 e. The van der Waals surface area contributed by atoms with Crippen LogP contribution in [0.5, 0.6) is 0 Å². The number of aliphatic imine (C=N–C) groups is 1. The molecule has 0 saturated carbocycles. The second-order valence-corrected chi connectivity index (χ2v) is 9.49. The van der Waals surface area contributed by atoms with Crippen molar-refractivity contribution in [3.8, 4) is 0 Å². The van der Waals surface area contributed by atoms with Gasteiger partial charge in [-0.05, 0) is 76.6 Å². The van der Waals surface area contributed by atoms with Crippen molar-refractivity contribution >= 4 is 23.5 Å². The number of amides is 1. The van der Waals surface area contributed by atoms with Crippen molar-refractivity contribution in [1.82, 2.24) is 4.90 Å². The highest BCUT2D eigenvalue weighted by molar-refractivity contribution is 5.84. The van der Waals surface area contributed by atoms with Crippen molar-refractivity contribution in [2.75, 3.05) is 12.4 Å². The predicted octanol–water partition coefficient (Wildman–Crippen LogP) is 5.44. The normalized spacial score (nSPS) is 18.1. The van der Waals surface area contributed by atoms with Crippen molar-refractivity contribution in [3.05, 3.63) is 59.7 Å². The predicted molar refractivity (Wildman–Crippen MR) is 123 cm³/mol. The maximum absolute atomic E-state index is 12.5. The van der Waals surface area contributed by atoms with Crippen molar-refractivity contribution in [3.63, 3.8) is 0 Å². The van der Waals surface area contributed by atoms with Crippen molar-refractivity contribution in [1.29, 1.82) is 0 Å². The van der Waals surface area contributed by atoms with Crippen LogP contribution in [0.4, 0.5) is 16.2 Å². The highest BCUT2D eigenvalue weighted by Crippen LogP contribution is 2.38. The Morgan fingerprint density at radius 1 is 1.03 bits per heavy atom. The molecule has 1 heterocycles. The molecule has 0 atom stereocenters. The lowest BCUT2D eigenvalue weighted by Crippen LogP contribution is -2.60. The number of carbonyl (C=O) groups excluding carboxylic acids is 2. The topological polar surface area (TPSA) is 71.0 Å². The Hall–Kier alpha value is -2.95. The highest BCUT2D eigenvalue weighted by atomic mass is 16.6. The van der Waals surface area contributed by atoms with Crippen LogP contribution in [0.15, 0.2) is 53.5 Å². The fourth-order valence-corrected chi connectivity index (χ4v) is 4.34. The first-order valence-electron chi connectivity index (χ1n) is 10.6. The van der Waals surface area contributed by atoms with Gasteiger partial charge in [-0.1, -0.05) is 24.3 Å². The molecule has 0 spiro atoms. The molecular formula is C25H31N3O3. The molecule has 2 aromatic rings. The molecule has 0 bridgehead atoms. The van der Waals surface area contributed by atoms with Gasteiger partial charge in [0.2, 0.25) is 6.08 Å². The van der Waals surface area contributed by atoms with Crippen LogP contribution in [0.2, 0.25) is 0 Å². The summed E-state index contributed by atoms with van der Waals surface area (Å²) < 4.78 is 5.76. The molecule has 1 saturated heterocycles. The molecule has 6 heteroatoms. The zero-order valence-corrected chi connectivity index (χ0v) is 18.9. The number of isocyanates is 1. The van der Waals surface area contributed by atoms with Crippen molar-refractivity contribution in [2.24, 2.45) is 4.99 Å². The van der Waals surface area contributed by atoms with Gasteiger partial charge in [-0.2, -0.15) is 4.99 Å². The SMILES string of the molecule is CN1C(C)(C)CC(OC(=O)Nc2ccc(Cc3ccc(N=C=O)cc3)cc2)CC1(C)C. The molecule has 1 aliphatic rings. The van der Waals surface area contributed by atoms with Gasteiger partial charge < -0.3 is 4.74 Å². The average Bonchev–Trinajstić information content (AvgIpc) is 2.69. The summed E-state index contributed by atoms with van der Waals surface area (Å²) in [6.07, 6.45) is 3.35. The lowest BCUT2D eigenvalue weighted by atomic mass is 9.79. The summed E-state index contributed by atoms with van der Waals surface area (Å²) in [6, 6.07) is 15.2. The van der Waals surface area contributed by atoms with E-state index in [1.54, 1.807) is 12.1 Å². The number of anilines is 1. The smallest absolute Gasteiger partial charge is 0.411 e. The summed E-state index contributed by atoms with van der Waals surface area (Å²) in [6.45, 7) is 8.74. The van der Waals surface area contributed by atoms with Gasteiger partial charge in [-0.3, -0.25) is 10.2 Å². The minimum Gasteiger partial charge on any atom is -0.446 e. The quantitative estimate of drug-likeness (QED) is 0.515. The fraction of sp³-hybridized carbons (Fsp3) is 0.440. The summed E-state index contributed by atoms with van der Waals surface area (Å²) in [7, 11) is 2.13. The number of nitrogens with one attached hydrogen (secondary N) is 1. The van der Waals surface area contributed by atoms with Gasteiger partial charge in [0.1, 0.15) is 6.10 Å². The molecule has 1 aliphatic heterocycles. The van der Waals surface area contributed by atoms with E-state index in [0.29, 0.717) is 11.4 Å². The Balaban J connectivity index is 1.56. The van der Waals surface area contributed by atoms with E-state index in [1.807, 2.05) is 36.4 Å². The third-order valence-corrected chi connectivity index (χ3v) is 6.26. The molecule has 0 unspecified atom stereocenters. The first-order valence-corrected chi connectivity index (χ1v) is 10.6. The third kappa shape index (κ3) is 5.81. The number of rotatable bonds is 5. The number of nitrogens with zero attached hydrogens (tertiary/aromatic N) is 2. The molecule has 1 N–H and O–H groups in total. The van der Waals surface area contributed by atoms with Gasteiger partial charge in [0.15, 0.2) is 0 Å². The van der Waals surface area contributed by atoms with Gasteiger partial charge in [0.25, 0.3) is 0 Å². The standard InChI is InChI=1S/C25H31N3O3/c1-24(2)15-22(16-25(3,4)28(24)5)31-23(30)27-21-12-8-19(9-13-21)14-18-6-10-20(11-7-18)26-17-29/h6-13,22H,14-16H2,1-5H3,(H,27,30). The Kier molecular flexibility index (Phi) is 6.63. The van der Waals surface area contributed by atoms with E-state index >= 15 is 0 Å². The van der Waals surface area contributed by atoms with E-state index < -0.39 is 6.09 Å². The van der Waals surface area contributed by atoms with Crippen LogP contribution >= 0.6 is 0 Å². The van der Waals surface area contributed by atoms with E-state index in [4.69, 9.17) is 4.74 Å². The summed E-state index contributed by atoms with van der Waals surface area (Å²) in [5, 5.41) is 2.84. The van der Waals surface area contributed by atoms with Crippen LogP contribution in [-0.2, 0) is 16.0 Å². The molecule has 1 fully saturated rings. The Morgan fingerprint density at radius 3 is 2.06 bits per heavy atom. The van der Waals surface area contributed by atoms with Crippen LogP contribution in [0, 0.1) is 0 Å². The zero-order chi connectivity index (χ0) is 22.6. The summed E-state index contributed by atoms with van der Waals surface area (Å²) in [4.78, 5) is 28.7. The maximum atomic E-state index is 12.5. The van der Waals surface area contributed by atoms with Crippen molar-refractivity contribution in [2.45, 2.75) is 64.1 Å². The molecule has 3 rings (SSSR count). The lowest BCUT2D eigenvalue weighted by Gasteiger charge is -2.53. The lowest BCUT2D eigenvalue weighted by molar-refractivity contribution is -0.0659. The van der Waals surface area contributed by atoms with Gasteiger partial charge in [-0.25, -0.2) is 9.59 Å². The largest absolute Gasteiger partial charge is 0.446 e. The number of piperidine rings is 1. The van der Waals surface area contributed by atoms with E-state index in [1.165, 1.54) is 6.08 Å². The minimum atomic E-state index is -0.416. The van der Waals surface area contributed by atoms with Crippen LogP contribution in [0.1, 0.15) is 51.7 Å². The molecule has 0 aromatic heterocycles. The molecule has 0 aliphatic carbocycles. The van der Waals surface area contributed by atoms with Crippen molar-refractivity contribution < 1.29 is 14.3 Å². The number of carbonyl (C=O) groups is 1. The number of hydrogen-bond donors (Lipinski definition) is 1. The number of hydrogen-bond acceptors (Lipinski definition) is 5. The number of benzene rings is 2. The second kappa shape index (κ2) is 9.04. The van der Waals surface area contributed by atoms with E-state index in [0.717, 1.165) is 30.4 Å². The molecular weight excluding hydrogens is 390 g/mol. The first kappa shape index (κ1) is 22.7. The third-order valence-electron chi connectivity index (χ3n) is 6.26. The zero-order valence-electron chi connectivity index (χ0n) is 18.9. The van der Waals surface area contributed by atoms with E-state index in [-0.39, 0.29) is 17.2 Å². The van der Waals surface area contributed by atoms with Gasteiger partial charge in [0.05, 0.1) is 5.69 Å². The molecule has 6 nitrogen and oxygen atoms in total. The first-order chi connectivity index (χ1) is 14.6. The summed E-state index contributed by atoms with van der Waals surface area (Å²) in [5.74, 6) is 0. The molecule has 2 aromatic carbocycles. The number of likely N-dealkylation sites (tertiary alicyclic amines) is 1. The highest BCUT2D eigenvalue weighted by Gasteiger charge is 2.44. The van der Waals surface area contributed by atoms with Crippen LogP contribution in [0.3, 0.4) is 0 Å². The molecule has 164 valence electrons. The van der Waals surface area contributed by atoms with Gasteiger partial charge in [-0.15, -0.1) is 0 Å². The van der Waals surface area contributed by atoms with E-state index in [9.17, 15) is 9.59 Å². The summed E-state index contributed by atoms with van der Waals surface area (Å²) in [5.41, 5.74) is 3.45.